The van der Waals surface area contributed by atoms with Crippen molar-refractivity contribution in [3.05, 3.63) is 83.4 Å². The molecule has 1 unspecified atom stereocenters. The maximum Gasteiger partial charge on any atom is 0.189 e. The quantitative estimate of drug-likeness (QED) is 0.791. The Bertz CT molecular complexity index is 717. The summed E-state index contributed by atoms with van der Waals surface area (Å²) in [6.07, 6.45) is 2.09. The highest BCUT2D eigenvalue weighted by molar-refractivity contribution is 6.09. The van der Waals surface area contributed by atoms with Crippen LogP contribution in [0, 0.1) is 5.92 Å². The zero-order chi connectivity index (χ0) is 16.1. The molecule has 0 spiro atoms. The molecular formula is C20H18O3. The van der Waals surface area contributed by atoms with Crippen molar-refractivity contribution in [2.75, 3.05) is 13.2 Å². The summed E-state index contributed by atoms with van der Waals surface area (Å²) in [4.78, 5) is 25.1. The van der Waals surface area contributed by atoms with Gasteiger partial charge in [0, 0.05) is 29.0 Å². The second-order valence-electron chi connectivity index (χ2n) is 5.58. The topological polar surface area (TPSA) is 43.4 Å². The zero-order valence-corrected chi connectivity index (χ0v) is 12.8. The average molecular weight is 306 g/mol. The van der Waals surface area contributed by atoms with Crippen LogP contribution in [-0.4, -0.2) is 24.8 Å². The molecule has 0 fully saturated rings. The molecule has 2 aromatic carbocycles. The lowest BCUT2D eigenvalue weighted by atomic mass is 9.86. The number of hydrogen-bond acceptors (Lipinski definition) is 3. The van der Waals surface area contributed by atoms with E-state index in [0.717, 1.165) is 0 Å². The fourth-order valence-electron chi connectivity index (χ4n) is 2.78. The van der Waals surface area contributed by atoms with Crippen molar-refractivity contribution < 1.29 is 14.3 Å². The first-order chi connectivity index (χ1) is 11.3. The molecule has 0 radical (unpaired) electrons. The molecule has 0 aromatic heterocycles. The second-order valence-corrected chi connectivity index (χ2v) is 5.58. The maximum absolute atomic E-state index is 12.7. The van der Waals surface area contributed by atoms with Crippen molar-refractivity contribution >= 4 is 11.6 Å². The molecule has 0 saturated heterocycles. The van der Waals surface area contributed by atoms with Gasteiger partial charge in [-0.05, 0) is 0 Å². The lowest BCUT2D eigenvalue weighted by molar-refractivity contribution is 0.0829. The number of carbonyl (C=O) groups is 2. The Morgan fingerprint density at radius 3 is 2.17 bits per heavy atom. The van der Waals surface area contributed by atoms with E-state index in [0.29, 0.717) is 29.9 Å². The lowest BCUT2D eigenvalue weighted by Crippen LogP contribution is -2.25. The summed E-state index contributed by atoms with van der Waals surface area (Å²) in [6, 6.07) is 18.3. The van der Waals surface area contributed by atoms with Gasteiger partial charge in [0.25, 0.3) is 0 Å². The summed E-state index contributed by atoms with van der Waals surface area (Å²) in [7, 11) is 0. The number of ketones is 2. The number of hydrogen-bond donors (Lipinski definition) is 0. The van der Waals surface area contributed by atoms with E-state index >= 15 is 0 Å². The van der Waals surface area contributed by atoms with Gasteiger partial charge in [-0.2, -0.15) is 0 Å². The van der Waals surface area contributed by atoms with Crippen molar-refractivity contribution in [1.82, 2.24) is 0 Å². The molecule has 116 valence electrons. The van der Waals surface area contributed by atoms with E-state index in [9.17, 15) is 9.59 Å². The third kappa shape index (κ3) is 3.63. The summed E-state index contributed by atoms with van der Waals surface area (Å²) >= 11 is 0. The molecule has 0 saturated carbocycles. The molecule has 3 rings (SSSR count). The number of benzene rings is 2. The molecule has 23 heavy (non-hydrogen) atoms. The Kier molecular flexibility index (Phi) is 4.79. The molecule has 1 aliphatic heterocycles. The van der Waals surface area contributed by atoms with Crippen LogP contribution >= 0.6 is 0 Å². The van der Waals surface area contributed by atoms with E-state index < -0.39 is 0 Å². The highest BCUT2D eigenvalue weighted by Crippen LogP contribution is 2.25. The van der Waals surface area contributed by atoms with E-state index in [-0.39, 0.29) is 23.9 Å². The first kappa shape index (κ1) is 15.4. The number of Topliss-reactive ketones (excluding diaryl/α,β-unsaturated/α-hetero) is 2. The lowest BCUT2D eigenvalue weighted by Gasteiger charge is -2.23. The minimum Gasteiger partial charge on any atom is -0.377 e. The van der Waals surface area contributed by atoms with Gasteiger partial charge in [0.15, 0.2) is 11.6 Å². The Hall–Kier alpha value is -2.52. The Morgan fingerprint density at radius 2 is 1.52 bits per heavy atom. The smallest absolute Gasteiger partial charge is 0.189 e. The van der Waals surface area contributed by atoms with E-state index in [1.807, 2.05) is 42.5 Å². The number of rotatable bonds is 5. The van der Waals surface area contributed by atoms with Crippen molar-refractivity contribution in [2.45, 2.75) is 6.42 Å². The number of ether oxygens (including phenoxy) is 1. The van der Waals surface area contributed by atoms with Gasteiger partial charge in [-0.1, -0.05) is 66.7 Å². The number of carbonyl (C=O) groups excluding carboxylic acids is 2. The first-order valence-electron chi connectivity index (χ1n) is 7.71. The van der Waals surface area contributed by atoms with Crippen LogP contribution in [0.3, 0.4) is 0 Å². The van der Waals surface area contributed by atoms with Gasteiger partial charge in [-0.25, -0.2) is 0 Å². The van der Waals surface area contributed by atoms with Gasteiger partial charge < -0.3 is 4.74 Å². The monoisotopic (exact) mass is 306 g/mol. The van der Waals surface area contributed by atoms with Gasteiger partial charge in [0.05, 0.1) is 13.2 Å². The Labute approximate surface area is 135 Å². The first-order valence-corrected chi connectivity index (χ1v) is 7.71. The minimum absolute atomic E-state index is 0.0141. The molecule has 1 atom stereocenters. The van der Waals surface area contributed by atoms with Crippen LogP contribution in [0.5, 0.6) is 0 Å². The summed E-state index contributed by atoms with van der Waals surface area (Å²) in [5.74, 6) is -0.170. The van der Waals surface area contributed by atoms with Gasteiger partial charge >= 0.3 is 0 Å². The normalized spacial score (nSPS) is 17.4. The minimum atomic E-state index is -0.191. The fourth-order valence-corrected chi connectivity index (χ4v) is 2.78. The maximum atomic E-state index is 12.7. The van der Waals surface area contributed by atoms with E-state index in [4.69, 9.17) is 4.74 Å². The van der Waals surface area contributed by atoms with E-state index in [2.05, 4.69) is 0 Å². The summed E-state index contributed by atoms with van der Waals surface area (Å²) in [5, 5.41) is 0. The predicted molar refractivity (Wildman–Crippen MR) is 88.6 cm³/mol. The van der Waals surface area contributed by atoms with Crippen LogP contribution < -0.4 is 0 Å². The molecular weight excluding hydrogens is 288 g/mol. The molecule has 1 aliphatic rings. The standard InChI is InChI=1S/C20H18O3/c21-19(15-7-3-1-4-8-15)13-17-14-23-12-11-18(17)20(22)16-9-5-2-6-10-16/h1-11,17H,12-14H2. The van der Waals surface area contributed by atoms with Crippen molar-refractivity contribution in [1.29, 1.82) is 0 Å². The third-order valence-electron chi connectivity index (χ3n) is 4.01. The SMILES string of the molecule is O=C(CC1COCC=C1C(=O)c1ccccc1)c1ccccc1. The third-order valence-corrected chi connectivity index (χ3v) is 4.01. The van der Waals surface area contributed by atoms with Crippen LogP contribution in [0.2, 0.25) is 0 Å². The van der Waals surface area contributed by atoms with Crippen molar-refractivity contribution in [3.8, 4) is 0 Å². The largest absolute Gasteiger partial charge is 0.377 e. The molecule has 2 aromatic rings. The van der Waals surface area contributed by atoms with Crippen molar-refractivity contribution in [2.24, 2.45) is 5.92 Å². The summed E-state index contributed by atoms with van der Waals surface area (Å²) in [5.41, 5.74) is 2.01. The van der Waals surface area contributed by atoms with Crippen LogP contribution in [-0.2, 0) is 4.74 Å². The predicted octanol–water partition coefficient (Wildman–Crippen LogP) is 3.72. The Morgan fingerprint density at radius 1 is 0.913 bits per heavy atom. The van der Waals surface area contributed by atoms with Gasteiger partial charge in [0.1, 0.15) is 0 Å². The molecule has 0 bridgehead atoms. The van der Waals surface area contributed by atoms with Crippen LogP contribution in [0.15, 0.2) is 72.3 Å². The van der Waals surface area contributed by atoms with Crippen LogP contribution in [0.4, 0.5) is 0 Å². The van der Waals surface area contributed by atoms with Gasteiger partial charge in [-0.3, -0.25) is 9.59 Å². The fraction of sp³-hybridized carbons (Fsp3) is 0.200. The van der Waals surface area contributed by atoms with Gasteiger partial charge in [0.2, 0.25) is 0 Å². The highest BCUT2D eigenvalue weighted by Gasteiger charge is 2.27. The van der Waals surface area contributed by atoms with Crippen LogP contribution in [0.1, 0.15) is 27.1 Å². The molecule has 1 heterocycles. The van der Waals surface area contributed by atoms with E-state index in [1.54, 1.807) is 24.3 Å². The summed E-state index contributed by atoms with van der Waals surface area (Å²) in [6.45, 7) is 0.826. The average Bonchev–Trinajstić information content (AvgIpc) is 2.63. The molecule has 0 amide bonds. The molecule has 3 nitrogen and oxygen atoms in total. The van der Waals surface area contributed by atoms with Crippen LogP contribution in [0.25, 0.3) is 0 Å². The second kappa shape index (κ2) is 7.16. The van der Waals surface area contributed by atoms with Crippen molar-refractivity contribution in [3.63, 3.8) is 0 Å². The van der Waals surface area contributed by atoms with E-state index in [1.165, 1.54) is 0 Å². The molecule has 3 heteroatoms. The Balaban J connectivity index is 1.78. The molecule has 0 aliphatic carbocycles. The summed E-state index contributed by atoms with van der Waals surface area (Å²) < 4.78 is 5.45. The zero-order valence-electron chi connectivity index (χ0n) is 12.8. The highest BCUT2D eigenvalue weighted by atomic mass is 16.5. The molecule has 0 N–H and O–H groups in total. The van der Waals surface area contributed by atoms with Gasteiger partial charge in [-0.15, -0.1) is 0 Å².